The highest BCUT2D eigenvalue weighted by molar-refractivity contribution is 5.77. The summed E-state index contributed by atoms with van der Waals surface area (Å²) >= 11 is 0. The highest BCUT2D eigenvalue weighted by Gasteiger charge is 2.41. The number of likely N-dealkylation sites (tertiary alicyclic amines) is 1. The number of carbonyl (C=O) groups excluding carboxylic acids is 1. The van der Waals surface area contributed by atoms with Gasteiger partial charge in [-0.1, -0.05) is 0 Å². The Morgan fingerprint density at radius 1 is 1.31 bits per heavy atom. The van der Waals surface area contributed by atoms with Gasteiger partial charge in [-0.05, 0) is 24.8 Å². The summed E-state index contributed by atoms with van der Waals surface area (Å²) < 4.78 is 37.3. The van der Waals surface area contributed by atoms with Crippen molar-refractivity contribution in [1.82, 2.24) is 14.9 Å². The number of hydrogen-bond donors (Lipinski definition) is 0. The van der Waals surface area contributed by atoms with E-state index in [2.05, 4.69) is 9.97 Å². The molecule has 2 atom stereocenters. The number of halogens is 3. The summed E-state index contributed by atoms with van der Waals surface area (Å²) in [6.45, 7) is 1.90. The second-order valence-corrected chi connectivity index (χ2v) is 7.16. The molecular formula is C17H24F3N5O. The van der Waals surface area contributed by atoms with Crippen molar-refractivity contribution in [2.75, 3.05) is 43.5 Å². The number of piperidine rings is 1. The number of alkyl halides is 3. The first kappa shape index (κ1) is 18.7. The molecule has 3 heterocycles. The lowest BCUT2D eigenvalue weighted by Gasteiger charge is -2.38. The molecule has 0 saturated carbocycles. The van der Waals surface area contributed by atoms with Crippen LogP contribution in [-0.2, 0) is 4.79 Å². The number of aromatic nitrogens is 2. The molecule has 0 aromatic carbocycles. The molecule has 26 heavy (non-hydrogen) atoms. The molecule has 1 amide bonds. The molecule has 2 saturated heterocycles. The number of anilines is 2. The van der Waals surface area contributed by atoms with Crippen LogP contribution in [-0.4, -0.2) is 66.7 Å². The zero-order valence-electron chi connectivity index (χ0n) is 15.0. The van der Waals surface area contributed by atoms with Gasteiger partial charge in [0, 0.05) is 46.3 Å². The predicted molar refractivity (Wildman–Crippen MR) is 92.1 cm³/mol. The molecule has 0 N–H and O–H groups in total. The fourth-order valence-electron chi connectivity index (χ4n) is 3.76. The van der Waals surface area contributed by atoms with E-state index >= 15 is 0 Å². The van der Waals surface area contributed by atoms with Crippen LogP contribution < -0.4 is 9.80 Å². The molecule has 1 aromatic rings. The zero-order valence-corrected chi connectivity index (χ0v) is 15.0. The average Bonchev–Trinajstić information content (AvgIpc) is 3.02. The predicted octanol–water partition coefficient (Wildman–Crippen LogP) is 2.31. The lowest BCUT2D eigenvalue weighted by atomic mass is 9.92. The van der Waals surface area contributed by atoms with Crippen LogP contribution >= 0.6 is 0 Å². The second-order valence-electron chi connectivity index (χ2n) is 7.16. The van der Waals surface area contributed by atoms with Crippen LogP contribution in [0.1, 0.15) is 25.7 Å². The van der Waals surface area contributed by atoms with Crippen molar-refractivity contribution in [3.63, 3.8) is 0 Å². The molecule has 2 fully saturated rings. The Kier molecular flexibility index (Phi) is 5.24. The third kappa shape index (κ3) is 4.19. The van der Waals surface area contributed by atoms with Crippen LogP contribution in [0.2, 0.25) is 0 Å². The number of hydrogen-bond acceptors (Lipinski definition) is 5. The molecule has 9 heteroatoms. The second kappa shape index (κ2) is 7.28. The van der Waals surface area contributed by atoms with E-state index in [-0.39, 0.29) is 6.04 Å². The Morgan fingerprint density at radius 3 is 2.73 bits per heavy atom. The number of fused-ring (bicyclic) bond motifs is 1. The summed E-state index contributed by atoms with van der Waals surface area (Å²) in [6, 6.07) is 1.76. The Balaban J connectivity index is 1.68. The van der Waals surface area contributed by atoms with Crippen molar-refractivity contribution in [3.05, 3.63) is 12.3 Å². The summed E-state index contributed by atoms with van der Waals surface area (Å²) in [5.74, 6) is 1.34. The van der Waals surface area contributed by atoms with E-state index < -0.39 is 24.9 Å². The van der Waals surface area contributed by atoms with Crippen molar-refractivity contribution < 1.29 is 18.0 Å². The van der Waals surface area contributed by atoms with E-state index in [1.165, 1.54) is 0 Å². The van der Waals surface area contributed by atoms with Crippen LogP contribution in [0.3, 0.4) is 0 Å². The third-order valence-electron chi connectivity index (χ3n) is 5.17. The molecule has 3 rings (SSSR count). The molecule has 0 radical (unpaired) electrons. The first-order valence-electron chi connectivity index (χ1n) is 8.86. The summed E-state index contributed by atoms with van der Waals surface area (Å²) in [6.07, 6.45) is -2.38. The monoisotopic (exact) mass is 371 g/mol. The molecule has 144 valence electrons. The molecule has 2 unspecified atom stereocenters. The van der Waals surface area contributed by atoms with Gasteiger partial charge in [-0.15, -0.1) is 0 Å². The zero-order chi connectivity index (χ0) is 18.9. The summed E-state index contributed by atoms with van der Waals surface area (Å²) in [5.41, 5.74) is 0. The smallest absolute Gasteiger partial charge is 0.363 e. The molecule has 0 aliphatic carbocycles. The minimum Gasteiger partial charge on any atom is -0.363 e. The first-order valence-corrected chi connectivity index (χ1v) is 8.86. The SMILES string of the molecule is CN(C)c1ccnc(N2CCC3CCN(C(=O)CCC(F)(F)F)C3C2)n1. The number of amides is 1. The first-order chi connectivity index (χ1) is 12.2. The normalized spacial score (nSPS) is 23.1. The van der Waals surface area contributed by atoms with Crippen molar-refractivity contribution in [2.45, 2.75) is 37.9 Å². The van der Waals surface area contributed by atoms with Gasteiger partial charge in [0.05, 0.1) is 12.5 Å². The fourth-order valence-corrected chi connectivity index (χ4v) is 3.76. The number of rotatable bonds is 4. The van der Waals surface area contributed by atoms with E-state index in [0.29, 0.717) is 25.0 Å². The minimum atomic E-state index is -4.30. The van der Waals surface area contributed by atoms with Crippen LogP contribution in [0, 0.1) is 5.92 Å². The van der Waals surface area contributed by atoms with Gasteiger partial charge < -0.3 is 14.7 Å². The van der Waals surface area contributed by atoms with Crippen molar-refractivity contribution in [1.29, 1.82) is 0 Å². The minimum absolute atomic E-state index is 0.0592. The standard InChI is InChI=1S/C17H24F3N5O/c1-23(2)14-4-8-21-16(22-14)24-9-5-12-6-10-25(13(12)11-24)15(26)3-7-17(18,19)20/h4,8,12-13H,3,5-7,9-11H2,1-2H3. The van der Waals surface area contributed by atoms with E-state index in [0.717, 1.165) is 25.2 Å². The van der Waals surface area contributed by atoms with Crippen molar-refractivity contribution in [3.8, 4) is 0 Å². The van der Waals surface area contributed by atoms with Crippen LogP contribution in [0.5, 0.6) is 0 Å². The van der Waals surface area contributed by atoms with Crippen LogP contribution in [0.4, 0.5) is 24.9 Å². The quantitative estimate of drug-likeness (QED) is 0.813. The van der Waals surface area contributed by atoms with Gasteiger partial charge in [0.25, 0.3) is 0 Å². The maximum atomic E-state index is 12.4. The lowest BCUT2D eigenvalue weighted by molar-refractivity contribution is -0.149. The van der Waals surface area contributed by atoms with Crippen LogP contribution in [0.25, 0.3) is 0 Å². The maximum Gasteiger partial charge on any atom is 0.389 e. The average molecular weight is 371 g/mol. The molecule has 6 nitrogen and oxygen atoms in total. The van der Waals surface area contributed by atoms with E-state index in [4.69, 9.17) is 0 Å². The topological polar surface area (TPSA) is 52.6 Å². The fraction of sp³-hybridized carbons (Fsp3) is 0.706. The largest absolute Gasteiger partial charge is 0.389 e. The highest BCUT2D eigenvalue weighted by atomic mass is 19.4. The highest BCUT2D eigenvalue weighted by Crippen LogP contribution is 2.34. The number of carbonyl (C=O) groups is 1. The molecule has 2 aliphatic rings. The van der Waals surface area contributed by atoms with E-state index in [9.17, 15) is 18.0 Å². The maximum absolute atomic E-state index is 12.4. The van der Waals surface area contributed by atoms with Gasteiger partial charge in [-0.3, -0.25) is 4.79 Å². The van der Waals surface area contributed by atoms with E-state index in [1.807, 2.05) is 30.0 Å². The van der Waals surface area contributed by atoms with Gasteiger partial charge in [0.1, 0.15) is 5.82 Å². The third-order valence-corrected chi connectivity index (χ3v) is 5.17. The Bertz CT molecular complexity index is 652. The van der Waals surface area contributed by atoms with Crippen molar-refractivity contribution >= 4 is 17.7 Å². The van der Waals surface area contributed by atoms with Gasteiger partial charge in [0.2, 0.25) is 11.9 Å². The van der Waals surface area contributed by atoms with Crippen LogP contribution in [0.15, 0.2) is 12.3 Å². The number of nitrogens with zero attached hydrogens (tertiary/aromatic N) is 5. The molecule has 0 spiro atoms. The van der Waals surface area contributed by atoms with Gasteiger partial charge in [-0.2, -0.15) is 18.2 Å². The lowest BCUT2D eigenvalue weighted by Crippen LogP contribution is -2.50. The molecule has 0 bridgehead atoms. The molecule has 1 aromatic heterocycles. The van der Waals surface area contributed by atoms with Crippen molar-refractivity contribution in [2.24, 2.45) is 5.92 Å². The van der Waals surface area contributed by atoms with Gasteiger partial charge >= 0.3 is 6.18 Å². The molecular weight excluding hydrogens is 347 g/mol. The van der Waals surface area contributed by atoms with Gasteiger partial charge in [-0.25, -0.2) is 4.98 Å². The summed E-state index contributed by atoms with van der Waals surface area (Å²) in [4.78, 5) is 26.7. The molecule has 2 aliphatic heterocycles. The summed E-state index contributed by atoms with van der Waals surface area (Å²) in [7, 11) is 3.80. The Hall–Kier alpha value is -2.06. The Morgan fingerprint density at radius 2 is 2.04 bits per heavy atom. The Labute approximate surface area is 151 Å². The van der Waals surface area contributed by atoms with E-state index in [1.54, 1.807) is 11.1 Å². The summed E-state index contributed by atoms with van der Waals surface area (Å²) in [5, 5.41) is 0. The van der Waals surface area contributed by atoms with Gasteiger partial charge in [0.15, 0.2) is 0 Å².